The van der Waals surface area contributed by atoms with Gasteiger partial charge in [0.15, 0.2) is 0 Å². The van der Waals surface area contributed by atoms with Crippen molar-refractivity contribution in [3.8, 4) is 0 Å². The second-order valence-electron chi connectivity index (χ2n) is 8.55. The van der Waals surface area contributed by atoms with Gasteiger partial charge in [-0.15, -0.1) is 0 Å². The fraction of sp³-hybridized carbons (Fsp3) is 0.440. The molecule has 2 aromatic rings. The first-order valence-electron chi connectivity index (χ1n) is 11.0. The lowest BCUT2D eigenvalue weighted by Crippen LogP contribution is -2.38. The van der Waals surface area contributed by atoms with Crippen LogP contribution in [0.25, 0.3) is 0 Å². The molecule has 0 bridgehead atoms. The molecule has 2 fully saturated rings. The molecule has 1 atom stereocenters. The lowest BCUT2D eigenvalue weighted by molar-refractivity contribution is -0.135. The molecule has 0 aromatic heterocycles. The molecule has 0 spiro atoms. The first-order valence-corrected chi connectivity index (χ1v) is 11.0. The third-order valence-electron chi connectivity index (χ3n) is 6.47. The molecule has 0 radical (unpaired) electrons. The second kappa shape index (κ2) is 9.10. The Bertz CT molecular complexity index is 968. The number of aryl methyl sites for hydroxylation is 1. The predicted octanol–water partition coefficient (Wildman–Crippen LogP) is 3.15. The van der Waals surface area contributed by atoms with Gasteiger partial charge in [0.05, 0.1) is 19.1 Å². The minimum absolute atomic E-state index is 0.0224. The summed E-state index contributed by atoms with van der Waals surface area (Å²) in [5.74, 6) is -0.264. The van der Waals surface area contributed by atoms with Crippen molar-refractivity contribution in [3.05, 3.63) is 59.2 Å². The summed E-state index contributed by atoms with van der Waals surface area (Å²) in [4.78, 5) is 31.8. The van der Waals surface area contributed by atoms with Gasteiger partial charge in [0.25, 0.3) is 0 Å². The Labute approximate surface area is 184 Å². The smallest absolute Gasteiger partial charge is 0.228 e. The van der Waals surface area contributed by atoms with E-state index in [1.165, 1.54) is 0 Å². The maximum atomic E-state index is 13.2. The van der Waals surface area contributed by atoms with Crippen LogP contribution in [0.1, 0.15) is 23.1 Å². The number of ether oxygens (including phenoxy) is 1. The Hall–Kier alpha value is -2.86. The number of benzene rings is 2. The Morgan fingerprint density at radius 2 is 1.77 bits per heavy atom. The highest BCUT2D eigenvalue weighted by atomic mass is 16.5. The van der Waals surface area contributed by atoms with Crippen molar-refractivity contribution in [2.75, 3.05) is 49.7 Å². The number of para-hydroxylation sites is 1. The van der Waals surface area contributed by atoms with Crippen molar-refractivity contribution >= 4 is 23.2 Å². The molecule has 2 saturated heterocycles. The van der Waals surface area contributed by atoms with Gasteiger partial charge in [-0.2, -0.15) is 0 Å². The molecule has 0 aliphatic carbocycles. The zero-order chi connectivity index (χ0) is 22.0. The number of nitrogens with zero attached hydrogens (tertiary/aromatic N) is 3. The summed E-state index contributed by atoms with van der Waals surface area (Å²) in [7, 11) is 1.84. The molecule has 164 valence electrons. The van der Waals surface area contributed by atoms with Gasteiger partial charge >= 0.3 is 0 Å². The van der Waals surface area contributed by atoms with Crippen LogP contribution >= 0.6 is 0 Å². The van der Waals surface area contributed by atoms with Gasteiger partial charge < -0.3 is 19.4 Å². The highest BCUT2D eigenvalue weighted by molar-refractivity contribution is 6.00. The van der Waals surface area contributed by atoms with Crippen LogP contribution < -0.4 is 9.80 Å². The van der Waals surface area contributed by atoms with E-state index in [4.69, 9.17) is 4.74 Å². The molecule has 2 heterocycles. The normalized spacial score (nSPS) is 19.1. The molecule has 0 N–H and O–H groups in total. The lowest BCUT2D eigenvalue weighted by atomic mass is 10.1. The summed E-state index contributed by atoms with van der Waals surface area (Å²) in [5.41, 5.74) is 5.44. The lowest BCUT2D eigenvalue weighted by Gasteiger charge is -2.31. The van der Waals surface area contributed by atoms with Crippen molar-refractivity contribution in [3.63, 3.8) is 0 Å². The van der Waals surface area contributed by atoms with Crippen LogP contribution in [0.2, 0.25) is 0 Å². The standard InChI is InChI=1S/C25H31N3O3/c1-18-7-6-10-22(19(18)2)28-17-21(15-24(28)29)25(30)26(3)16-20-8-4-5-9-23(20)27-11-13-31-14-12-27/h4-10,21H,11-17H2,1-3H3/t21-/m1/s1. The summed E-state index contributed by atoms with van der Waals surface area (Å²) in [6, 6.07) is 14.2. The van der Waals surface area contributed by atoms with Gasteiger partial charge in [0.1, 0.15) is 0 Å². The summed E-state index contributed by atoms with van der Waals surface area (Å²) < 4.78 is 5.48. The number of carbonyl (C=O) groups excluding carboxylic acids is 2. The Balaban J connectivity index is 1.46. The highest BCUT2D eigenvalue weighted by Gasteiger charge is 2.37. The minimum Gasteiger partial charge on any atom is -0.378 e. The monoisotopic (exact) mass is 421 g/mol. The summed E-state index contributed by atoms with van der Waals surface area (Å²) in [6.07, 6.45) is 0.266. The van der Waals surface area contributed by atoms with E-state index < -0.39 is 0 Å². The predicted molar refractivity (Wildman–Crippen MR) is 122 cm³/mol. The van der Waals surface area contributed by atoms with Crippen LogP contribution in [0.3, 0.4) is 0 Å². The zero-order valence-electron chi connectivity index (χ0n) is 18.6. The number of hydrogen-bond donors (Lipinski definition) is 0. The molecule has 2 aliphatic heterocycles. The first kappa shape index (κ1) is 21.4. The molecule has 0 saturated carbocycles. The van der Waals surface area contributed by atoms with E-state index in [2.05, 4.69) is 17.0 Å². The molecule has 4 rings (SSSR count). The fourth-order valence-electron chi connectivity index (χ4n) is 4.54. The van der Waals surface area contributed by atoms with Crippen LogP contribution in [-0.2, 0) is 20.9 Å². The number of anilines is 2. The van der Waals surface area contributed by atoms with E-state index in [1.807, 2.05) is 51.2 Å². The average Bonchev–Trinajstić information content (AvgIpc) is 3.17. The van der Waals surface area contributed by atoms with E-state index >= 15 is 0 Å². The molecule has 6 nitrogen and oxygen atoms in total. The van der Waals surface area contributed by atoms with Crippen LogP contribution in [0.15, 0.2) is 42.5 Å². The quantitative estimate of drug-likeness (QED) is 0.744. The zero-order valence-corrected chi connectivity index (χ0v) is 18.6. The molecular formula is C25H31N3O3. The number of carbonyl (C=O) groups is 2. The van der Waals surface area contributed by atoms with Crippen molar-refractivity contribution in [1.82, 2.24) is 4.90 Å². The van der Waals surface area contributed by atoms with E-state index in [0.29, 0.717) is 13.1 Å². The van der Waals surface area contributed by atoms with Gasteiger partial charge in [-0.1, -0.05) is 30.3 Å². The van der Waals surface area contributed by atoms with Gasteiger partial charge in [0, 0.05) is 51.0 Å². The number of morpholine rings is 1. The Morgan fingerprint density at radius 1 is 1.06 bits per heavy atom. The minimum atomic E-state index is -0.312. The molecule has 31 heavy (non-hydrogen) atoms. The van der Waals surface area contributed by atoms with Gasteiger partial charge in [0.2, 0.25) is 11.8 Å². The number of rotatable bonds is 5. The maximum absolute atomic E-state index is 13.2. The molecule has 2 aliphatic rings. The van der Waals surface area contributed by atoms with Crippen LogP contribution in [0, 0.1) is 19.8 Å². The third kappa shape index (κ3) is 4.44. The van der Waals surface area contributed by atoms with E-state index in [1.54, 1.807) is 9.80 Å². The second-order valence-corrected chi connectivity index (χ2v) is 8.55. The molecule has 6 heteroatoms. The highest BCUT2D eigenvalue weighted by Crippen LogP contribution is 2.31. The third-order valence-corrected chi connectivity index (χ3v) is 6.47. The Morgan fingerprint density at radius 3 is 2.55 bits per heavy atom. The van der Waals surface area contributed by atoms with Crippen molar-refractivity contribution < 1.29 is 14.3 Å². The molecule has 2 amide bonds. The van der Waals surface area contributed by atoms with Gasteiger partial charge in [-0.05, 0) is 42.7 Å². The fourth-order valence-corrected chi connectivity index (χ4v) is 4.54. The molecular weight excluding hydrogens is 390 g/mol. The first-order chi connectivity index (χ1) is 15.0. The van der Waals surface area contributed by atoms with Crippen LogP contribution in [0.5, 0.6) is 0 Å². The SMILES string of the molecule is Cc1cccc(N2C[C@H](C(=O)N(C)Cc3ccccc3N3CCOCC3)CC2=O)c1C. The number of hydrogen-bond acceptors (Lipinski definition) is 4. The van der Waals surface area contributed by atoms with Gasteiger partial charge in [-0.25, -0.2) is 0 Å². The van der Waals surface area contributed by atoms with Crippen molar-refractivity contribution in [1.29, 1.82) is 0 Å². The molecule has 0 unspecified atom stereocenters. The summed E-state index contributed by atoms with van der Waals surface area (Å²) in [5, 5.41) is 0. The van der Waals surface area contributed by atoms with Crippen LogP contribution in [0.4, 0.5) is 11.4 Å². The average molecular weight is 422 g/mol. The van der Waals surface area contributed by atoms with E-state index in [-0.39, 0.29) is 24.2 Å². The van der Waals surface area contributed by atoms with Crippen molar-refractivity contribution in [2.24, 2.45) is 5.92 Å². The Kier molecular flexibility index (Phi) is 6.28. The van der Waals surface area contributed by atoms with Crippen LogP contribution in [-0.4, -0.2) is 56.6 Å². The van der Waals surface area contributed by atoms with Crippen molar-refractivity contribution in [2.45, 2.75) is 26.8 Å². The number of amides is 2. The van der Waals surface area contributed by atoms with E-state index in [0.717, 1.165) is 54.4 Å². The topological polar surface area (TPSA) is 53.1 Å². The van der Waals surface area contributed by atoms with E-state index in [9.17, 15) is 9.59 Å². The summed E-state index contributed by atoms with van der Waals surface area (Å²) >= 11 is 0. The summed E-state index contributed by atoms with van der Waals surface area (Å²) in [6.45, 7) is 8.21. The largest absolute Gasteiger partial charge is 0.378 e. The maximum Gasteiger partial charge on any atom is 0.228 e. The van der Waals surface area contributed by atoms with Gasteiger partial charge in [-0.3, -0.25) is 9.59 Å². The molecule has 2 aromatic carbocycles.